The van der Waals surface area contributed by atoms with Gasteiger partial charge in [0.05, 0.1) is 12.1 Å². The highest BCUT2D eigenvalue weighted by Gasteiger charge is 2.44. The number of phenolic OH excluding ortho intramolecular Hbond substituents is 1. The molecule has 3 unspecified atom stereocenters. The van der Waals surface area contributed by atoms with Gasteiger partial charge >= 0.3 is 0 Å². The zero-order valence-electron chi connectivity index (χ0n) is 22.6. The molecule has 1 aromatic carbocycles. The second kappa shape index (κ2) is 10.9. The molecule has 1 fully saturated rings. The summed E-state index contributed by atoms with van der Waals surface area (Å²) in [5.74, 6) is 2.23. The van der Waals surface area contributed by atoms with Crippen molar-refractivity contribution in [1.82, 2.24) is 9.80 Å². The Bertz CT molecular complexity index is 932. The van der Waals surface area contributed by atoms with Crippen molar-refractivity contribution in [3.8, 4) is 11.5 Å². The minimum atomic E-state index is -0.387. The second-order valence-electron chi connectivity index (χ2n) is 11.7. The first kappa shape index (κ1) is 26.1. The lowest BCUT2D eigenvalue weighted by Gasteiger charge is -2.45. The molecule has 35 heavy (non-hydrogen) atoms. The largest absolute Gasteiger partial charge is 0.507 e. The number of carbonyl (C=O) groups excluding carboxylic acids is 1. The van der Waals surface area contributed by atoms with Crippen molar-refractivity contribution in [3.63, 3.8) is 0 Å². The summed E-state index contributed by atoms with van der Waals surface area (Å²) < 4.78 is 6.54. The van der Waals surface area contributed by atoms with Crippen LogP contribution in [0.15, 0.2) is 18.3 Å². The number of rotatable bonds is 8. The van der Waals surface area contributed by atoms with Gasteiger partial charge in [0.15, 0.2) is 0 Å². The molecule has 1 saturated heterocycles. The molecule has 0 aromatic heterocycles. The van der Waals surface area contributed by atoms with Crippen molar-refractivity contribution in [2.24, 2.45) is 11.8 Å². The van der Waals surface area contributed by atoms with Gasteiger partial charge in [-0.3, -0.25) is 9.69 Å². The molecule has 3 aliphatic heterocycles. The molecule has 3 aliphatic rings. The van der Waals surface area contributed by atoms with E-state index >= 15 is 0 Å². The van der Waals surface area contributed by atoms with Crippen LogP contribution in [0.2, 0.25) is 0 Å². The number of hydrogen-bond acceptors (Lipinski definition) is 4. The number of benzene rings is 1. The Hall–Kier alpha value is -2.01. The first-order valence-corrected chi connectivity index (χ1v) is 14.0. The van der Waals surface area contributed by atoms with Gasteiger partial charge in [0, 0.05) is 18.7 Å². The van der Waals surface area contributed by atoms with Crippen molar-refractivity contribution in [1.29, 1.82) is 0 Å². The van der Waals surface area contributed by atoms with E-state index in [2.05, 4.69) is 45.6 Å². The van der Waals surface area contributed by atoms with E-state index in [1.165, 1.54) is 44.9 Å². The molecule has 1 amide bonds. The Morgan fingerprint density at radius 1 is 1.14 bits per heavy atom. The summed E-state index contributed by atoms with van der Waals surface area (Å²) in [6, 6.07) is 4.08. The standard InChI is InChI=1S/C30H46N2O3/c1-6-7-9-12-21(2)22(3)23-17-26(33)29-24-19-32(28(34)20-31-14-10-8-11-15-31)16-13-25(24)30(4,5)35-27(29)18-23/h17-19,21-22,25,33H,6-16,20H2,1-5H3. The van der Waals surface area contributed by atoms with E-state index in [-0.39, 0.29) is 23.2 Å². The number of fused-ring (bicyclic) bond motifs is 3. The van der Waals surface area contributed by atoms with Gasteiger partial charge < -0.3 is 14.7 Å². The third-order valence-corrected chi connectivity index (χ3v) is 8.70. The Morgan fingerprint density at radius 3 is 2.60 bits per heavy atom. The van der Waals surface area contributed by atoms with Gasteiger partial charge in [-0.2, -0.15) is 0 Å². The van der Waals surface area contributed by atoms with Crippen LogP contribution in [0.25, 0.3) is 5.57 Å². The van der Waals surface area contributed by atoms with Crippen molar-refractivity contribution in [2.45, 2.75) is 97.5 Å². The number of likely N-dealkylation sites (tertiary alicyclic amines) is 1. The maximum atomic E-state index is 13.2. The van der Waals surface area contributed by atoms with Gasteiger partial charge in [0.1, 0.15) is 17.1 Å². The fraction of sp³-hybridized carbons (Fsp3) is 0.700. The minimum Gasteiger partial charge on any atom is -0.507 e. The summed E-state index contributed by atoms with van der Waals surface area (Å²) in [4.78, 5) is 17.3. The molecule has 5 heteroatoms. The van der Waals surface area contributed by atoms with Crippen molar-refractivity contribution in [2.75, 3.05) is 26.2 Å². The molecule has 3 atom stereocenters. The number of ether oxygens (including phenoxy) is 1. The summed E-state index contributed by atoms with van der Waals surface area (Å²) >= 11 is 0. The second-order valence-corrected chi connectivity index (χ2v) is 11.7. The Morgan fingerprint density at radius 2 is 1.89 bits per heavy atom. The predicted molar refractivity (Wildman–Crippen MR) is 143 cm³/mol. The van der Waals surface area contributed by atoms with Crippen LogP contribution < -0.4 is 4.74 Å². The number of hydrogen-bond donors (Lipinski definition) is 1. The zero-order chi connectivity index (χ0) is 25.2. The van der Waals surface area contributed by atoms with Crippen LogP contribution in [-0.4, -0.2) is 52.6 Å². The van der Waals surface area contributed by atoms with E-state index in [1.807, 2.05) is 17.2 Å². The van der Waals surface area contributed by atoms with E-state index in [1.54, 1.807) is 0 Å². The van der Waals surface area contributed by atoms with E-state index in [4.69, 9.17) is 4.74 Å². The number of aromatic hydroxyl groups is 1. The van der Waals surface area contributed by atoms with Crippen molar-refractivity contribution < 1.29 is 14.6 Å². The first-order valence-electron chi connectivity index (χ1n) is 14.0. The summed E-state index contributed by atoms with van der Waals surface area (Å²) in [6.45, 7) is 14.3. The molecule has 5 nitrogen and oxygen atoms in total. The maximum Gasteiger partial charge on any atom is 0.240 e. The number of amides is 1. The van der Waals surface area contributed by atoms with Gasteiger partial charge in [-0.05, 0) is 81.3 Å². The molecule has 3 heterocycles. The lowest BCUT2D eigenvalue weighted by Crippen LogP contribution is -2.48. The number of phenols is 1. The molecule has 0 bridgehead atoms. The van der Waals surface area contributed by atoms with E-state index < -0.39 is 0 Å². The van der Waals surface area contributed by atoms with Crippen LogP contribution in [0.3, 0.4) is 0 Å². The highest BCUT2D eigenvalue weighted by Crippen LogP contribution is 2.52. The van der Waals surface area contributed by atoms with Crippen LogP contribution >= 0.6 is 0 Å². The zero-order valence-corrected chi connectivity index (χ0v) is 22.6. The molecule has 0 spiro atoms. The average molecular weight is 483 g/mol. The van der Waals surface area contributed by atoms with E-state index in [0.29, 0.717) is 24.9 Å². The third kappa shape index (κ3) is 5.71. The van der Waals surface area contributed by atoms with Gasteiger partial charge in [-0.25, -0.2) is 0 Å². The summed E-state index contributed by atoms with van der Waals surface area (Å²) in [5, 5.41) is 11.2. The molecular formula is C30H46N2O3. The van der Waals surface area contributed by atoms with Crippen LogP contribution in [0.4, 0.5) is 0 Å². The van der Waals surface area contributed by atoms with Crippen LogP contribution in [0, 0.1) is 11.8 Å². The lowest BCUT2D eigenvalue weighted by molar-refractivity contribution is -0.130. The average Bonchev–Trinajstić information content (AvgIpc) is 2.83. The SMILES string of the molecule is CCCCCC(C)C(C)c1cc(O)c2c(c1)OC(C)(C)C1CCN(C(=O)CN3CCCCC3)C=C21. The van der Waals surface area contributed by atoms with Crippen molar-refractivity contribution >= 4 is 11.5 Å². The molecule has 0 saturated carbocycles. The van der Waals surface area contributed by atoms with Gasteiger partial charge in [0.25, 0.3) is 0 Å². The minimum absolute atomic E-state index is 0.149. The maximum absolute atomic E-state index is 13.2. The van der Waals surface area contributed by atoms with Crippen LogP contribution in [0.5, 0.6) is 11.5 Å². The van der Waals surface area contributed by atoms with Crippen LogP contribution in [0.1, 0.15) is 103 Å². The molecule has 1 aromatic rings. The predicted octanol–water partition coefficient (Wildman–Crippen LogP) is 6.56. The fourth-order valence-electron chi connectivity index (χ4n) is 6.21. The normalized spacial score (nSPS) is 23.5. The van der Waals surface area contributed by atoms with Gasteiger partial charge in [-0.1, -0.05) is 52.9 Å². The van der Waals surface area contributed by atoms with Crippen LogP contribution in [-0.2, 0) is 4.79 Å². The molecule has 0 radical (unpaired) electrons. The monoisotopic (exact) mass is 482 g/mol. The highest BCUT2D eigenvalue weighted by atomic mass is 16.5. The molecule has 0 aliphatic carbocycles. The van der Waals surface area contributed by atoms with E-state index in [0.717, 1.165) is 42.0 Å². The Balaban J connectivity index is 1.60. The fourth-order valence-corrected chi connectivity index (χ4v) is 6.21. The van der Waals surface area contributed by atoms with E-state index in [9.17, 15) is 9.90 Å². The van der Waals surface area contributed by atoms with Crippen molar-refractivity contribution in [3.05, 3.63) is 29.5 Å². The summed E-state index contributed by atoms with van der Waals surface area (Å²) in [7, 11) is 0. The first-order chi connectivity index (χ1) is 16.7. The molecule has 1 N–H and O–H groups in total. The number of unbranched alkanes of at least 4 members (excludes halogenated alkanes) is 2. The quantitative estimate of drug-likeness (QED) is 0.426. The Labute approximate surface area is 212 Å². The highest BCUT2D eigenvalue weighted by molar-refractivity contribution is 5.85. The third-order valence-electron chi connectivity index (χ3n) is 8.70. The number of carbonyl (C=O) groups is 1. The topological polar surface area (TPSA) is 53.0 Å². The summed E-state index contributed by atoms with van der Waals surface area (Å²) in [6.07, 6.45) is 11.4. The smallest absolute Gasteiger partial charge is 0.240 e. The van der Waals surface area contributed by atoms with Gasteiger partial charge in [-0.15, -0.1) is 0 Å². The van der Waals surface area contributed by atoms with Gasteiger partial charge in [0.2, 0.25) is 5.91 Å². The lowest BCUT2D eigenvalue weighted by atomic mass is 9.74. The Kier molecular flexibility index (Phi) is 8.15. The molecule has 194 valence electrons. The number of piperidine rings is 1. The summed E-state index contributed by atoms with van der Waals surface area (Å²) in [5.41, 5.74) is 2.57. The molecule has 4 rings (SSSR count). The number of nitrogens with zero attached hydrogens (tertiary/aromatic N) is 2. The molecular weight excluding hydrogens is 436 g/mol.